The van der Waals surface area contributed by atoms with E-state index in [9.17, 15) is 9.59 Å². The summed E-state index contributed by atoms with van der Waals surface area (Å²) in [5, 5.41) is 11.5. The number of esters is 1. The van der Waals surface area contributed by atoms with Crippen LogP contribution in [0.5, 0.6) is 0 Å². The van der Waals surface area contributed by atoms with Crippen LogP contribution in [0.4, 0.5) is 5.69 Å². The fourth-order valence-corrected chi connectivity index (χ4v) is 2.76. The molecule has 0 unspecified atom stereocenters. The number of hydrogen-bond donors (Lipinski definition) is 1. The molecule has 3 rings (SSSR count). The molecule has 3 aromatic rings. The molecule has 3 aromatic heterocycles. The van der Waals surface area contributed by atoms with Crippen LogP contribution in [0.2, 0.25) is 5.15 Å². The molecule has 0 atom stereocenters. The van der Waals surface area contributed by atoms with Crippen molar-refractivity contribution in [1.82, 2.24) is 19.6 Å². The van der Waals surface area contributed by atoms with Crippen molar-refractivity contribution in [2.45, 2.75) is 13.5 Å². The number of carbonyl (C=O) groups is 2. The molecular weight excluding hydrogens is 386 g/mol. The Kier molecular flexibility index (Phi) is 5.65. The van der Waals surface area contributed by atoms with Crippen molar-refractivity contribution in [2.24, 2.45) is 7.05 Å². The SMILES string of the molecule is COC(=O)c1ccc(Cn2cc(NC(=O)/C=C/c3c(C)nn(C)c3Cl)cn2)o1. The minimum absolute atomic E-state index is 0.118. The molecule has 0 fully saturated rings. The second-order valence-corrected chi connectivity index (χ2v) is 6.28. The summed E-state index contributed by atoms with van der Waals surface area (Å²) in [5.74, 6) is -0.226. The summed E-state index contributed by atoms with van der Waals surface area (Å²) < 4.78 is 13.1. The zero-order chi connectivity index (χ0) is 20.3. The first-order valence-corrected chi connectivity index (χ1v) is 8.63. The van der Waals surface area contributed by atoms with Gasteiger partial charge in [0.2, 0.25) is 11.7 Å². The third kappa shape index (κ3) is 4.32. The molecular formula is C18H18ClN5O4. The van der Waals surface area contributed by atoms with Crippen LogP contribution in [0.25, 0.3) is 6.08 Å². The van der Waals surface area contributed by atoms with Crippen molar-refractivity contribution in [3.63, 3.8) is 0 Å². The molecule has 0 spiro atoms. The molecule has 0 aliphatic heterocycles. The summed E-state index contributed by atoms with van der Waals surface area (Å²) in [6, 6.07) is 3.19. The zero-order valence-electron chi connectivity index (χ0n) is 15.5. The van der Waals surface area contributed by atoms with Crippen LogP contribution in [-0.2, 0) is 23.1 Å². The minimum atomic E-state index is -0.546. The van der Waals surface area contributed by atoms with Crippen LogP contribution in [0.15, 0.2) is 35.0 Å². The monoisotopic (exact) mass is 403 g/mol. The maximum absolute atomic E-state index is 12.1. The second-order valence-electron chi connectivity index (χ2n) is 5.92. The summed E-state index contributed by atoms with van der Waals surface area (Å²) in [6.07, 6.45) is 6.15. The number of carbonyl (C=O) groups excluding carboxylic acids is 2. The van der Waals surface area contributed by atoms with Gasteiger partial charge in [-0.05, 0) is 25.1 Å². The maximum atomic E-state index is 12.1. The Morgan fingerprint density at radius 1 is 1.39 bits per heavy atom. The highest BCUT2D eigenvalue weighted by Crippen LogP contribution is 2.20. The molecule has 3 heterocycles. The molecule has 146 valence electrons. The summed E-state index contributed by atoms with van der Waals surface area (Å²) in [4.78, 5) is 23.5. The van der Waals surface area contributed by atoms with Crippen LogP contribution in [-0.4, -0.2) is 38.5 Å². The van der Waals surface area contributed by atoms with Crippen molar-refractivity contribution < 1.29 is 18.7 Å². The number of hydrogen-bond acceptors (Lipinski definition) is 6. The highest BCUT2D eigenvalue weighted by molar-refractivity contribution is 6.31. The van der Waals surface area contributed by atoms with Gasteiger partial charge < -0.3 is 14.5 Å². The number of furan rings is 1. The number of aryl methyl sites for hydroxylation is 2. The number of methoxy groups -OCH3 is 1. The number of aromatic nitrogens is 4. The molecule has 0 aliphatic carbocycles. The fraction of sp³-hybridized carbons (Fsp3) is 0.222. The van der Waals surface area contributed by atoms with Crippen molar-refractivity contribution in [1.29, 1.82) is 0 Å². The van der Waals surface area contributed by atoms with E-state index in [1.54, 1.807) is 34.8 Å². The van der Waals surface area contributed by atoms with E-state index in [4.69, 9.17) is 16.0 Å². The van der Waals surface area contributed by atoms with Gasteiger partial charge in [0.05, 0.1) is 31.2 Å². The van der Waals surface area contributed by atoms with Gasteiger partial charge in [0.15, 0.2) is 0 Å². The Bertz CT molecular complexity index is 1050. The van der Waals surface area contributed by atoms with E-state index in [0.717, 1.165) is 5.69 Å². The van der Waals surface area contributed by atoms with Gasteiger partial charge in [-0.25, -0.2) is 4.79 Å². The van der Waals surface area contributed by atoms with Crippen molar-refractivity contribution in [2.75, 3.05) is 12.4 Å². The van der Waals surface area contributed by atoms with Gasteiger partial charge in [-0.1, -0.05) is 11.6 Å². The smallest absolute Gasteiger partial charge is 0.373 e. The molecule has 0 saturated heterocycles. The quantitative estimate of drug-likeness (QED) is 0.501. The Hall–Kier alpha value is -3.33. The second kappa shape index (κ2) is 8.13. The molecule has 0 aliphatic rings. The normalized spacial score (nSPS) is 11.1. The third-order valence-corrected chi connectivity index (χ3v) is 4.31. The Labute approximate surface area is 165 Å². The summed E-state index contributed by atoms with van der Waals surface area (Å²) in [6.45, 7) is 2.11. The Balaban J connectivity index is 1.61. The van der Waals surface area contributed by atoms with Crippen LogP contribution in [0.1, 0.15) is 27.6 Å². The minimum Gasteiger partial charge on any atom is -0.463 e. The first kappa shape index (κ1) is 19.4. The Morgan fingerprint density at radius 2 is 2.18 bits per heavy atom. The van der Waals surface area contributed by atoms with Crippen molar-refractivity contribution >= 4 is 35.2 Å². The lowest BCUT2D eigenvalue weighted by Gasteiger charge is -1.99. The van der Waals surface area contributed by atoms with E-state index in [1.807, 2.05) is 6.92 Å². The molecule has 0 bridgehead atoms. The predicted molar refractivity (Wildman–Crippen MR) is 102 cm³/mol. The first-order valence-electron chi connectivity index (χ1n) is 8.25. The molecule has 1 N–H and O–H groups in total. The van der Waals surface area contributed by atoms with Gasteiger partial charge in [-0.15, -0.1) is 0 Å². The van der Waals surface area contributed by atoms with Gasteiger partial charge in [-0.2, -0.15) is 10.2 Å². The number of ether oxygens (including phenoxy) is 1. The van der Waals surface area contributed by atoms with Crippen LogP contribution >= 0.6 is 11.6 Å². The first-order chi connectivity index (χ1) is 13.4. The maximum Gasteiger partial charge on any atom is 0.373 e. The summed E-state index contributed by atoms with van der Waals surface area (Å²) in [7, 11) is 3.01. The van der Waals surface area contributed by atoms with E-state index in [2.05, 4.69) is 20.3 Å². The van der Waals surface area contributed by atoms with Gasteiger partial charge in [-0.3, -0.25) is 14.2 Å². The highest BCUT2D eigenvalue weighted by Gasteiger charge is 2.12. The van der Waals surface area contributed by atoms with E-state index in [0.29, 0.717) is 28.7 Å². The summed E-state index contributed by atoms with van der Waals surface area (Å²) >= 11 is 6.13. The molecule has 0 aromatic carbocycles. The molecule has 10 heteroatoms. The number of halogens is 1. The zero-order valence-corrected chi connectivity index (χ0v) is 16.2. The van der Waals surface area contributed by atoms with E-state index < -0.39 is 5.97 Å². The van der Waals surface area contributed by atoms with Crippen LogP contribution in [0.3, 0.4) is 0 Å². The van der Waals surface area contributed by atoms with Gasteiger partial charge in [0, 0.05) is 24.9 Å². The van der Waals surface area contributed by atoms with Gasteiger partial charge in [0.25, 0.3) is 0 Å². The predicted octanol–water partition coefficient (Wildman–Crippen LogP) is 2.66. The lowest BCUT2D eigenvalue weighted by Crippen LogP contribution is -2.07. The number of anilines is 1. The molecule has 0 radical (unpaired) electrons. The Morgan fingerprint density at radius 3 is 2.86 bits per heavy atom. The number of nitrogens with zero attached hydrogens (tertiary/aromatic N) is 4. The third-order valence-electron chi connectivity index (χ3n) is 3.86. The highest BCUT2D eigenvalue weighted by atomic mass is 35.5. The fourth-order valence-electron chi connectivity index (χ4n) is 2.53. The number of rotatable bonds is 6. The molecule has 28 heavy (non-hydrogen) atoms. The van der Waals surface area contributed by atoms with Gasteiger partial charge in [0.1, 0.15) is 10.9 Å². The van der Waals surface area contributed by atoms with Crippen molar-refractivity contribution in [3.05, 3.63) is 58.5 Å². The van der Waals surface area contributed by atoms with Gasteiger partial charge >= 0.3 is 5.97 Å². The van der Waals surface area contributed by atoms with E-state index in [1.165, 1.54) is 25.4 Å². The number of nitrogens with one attached hydrogen (secondary N) is 1. The van der Waals surface area contributed by atoms with E-state index >= 15 is 0 Å². The van der Waals surface area contributed by atoms with Crippen molar-refractivity contribution in [3.8, 4) is 0 Å². The lowest BCUT2D eigenvalue weighted by molar-refractivity contribution is -0.111. The lowest BCUT2D eigenvalue weighted by atomic mass is 10.2. The largest absolute Gasteiger partial charge is 0.463 e. The van der Waals surface area contributed by atoms with Crippen LogP contribution < -0.4 is 5.32 Å². The standard InChI is InChI=1S/C18H18ClN5O4/c1-11-14(17(19)23(2)22-11)5-7-16(25)21-12-8-20-24(9-12)10-13-4-6-15(28-13)18(26)27-3/h4-9H,10H2,1-3H3,(H,21,25)/b7-5+. The molecule has 0 saturated carbocycles. The summed E-state index contributed by atoms with van der Waals surface area (Å²) in [5.41, 5.74) is 1.94. The number of amides is 1. The topological polar surface area (TPSA) is 104 Å². The van der Waals surface area contributed by atoms with E-state index in [-0.39, 0.29) is 11.7 Å². The molecule has 9 nitrogen and oxygen atoms in total. The average Bonchev–Trinajstić information content (AvgIpc) is 3.35. The average molecular weight is 404 g/mol. The molecule has 1 amide bonds. The van der Waals surface area contributed by atoms with Crippen LogP contribution in [0, 0.1) is 6.92 Å².